The highest BCUT2D eigenvalue weighted by atomic mass is 35.5. The van der Waals surface area contributed by atoms with Crippen LogP contribution in [0.25, 0.3) is 0 Å². The Morgan fingerprint density at radius 3 is 2.65 bits per heavy atom. The summed E-state index contributed by atoms with van der Waals surface area (Å²) >= 11 is 5.85. The Balaban J connectivity index is 2.28. The number of nitrogens with zero attached hydrogens (tertiary/aromatic N) is 3. The third kappa shape index (κ3) is 3.03. The third-order valence-corrected chi connectivity index (χ3v) is 5.05. The molecule has 0 bridgehead atoms. The van der Waals surface area contributed by atoms with Crippen LogP contribution in [-0.4, -0.2) is 29.6 Å². The summed E-state index contributed by atoms with van der Waals surface area (Å²) in [5.74, 6) is 0. The topological polar surface area (TPSA) is 55.2 Å². The third-order valence-electron chi connectivity index (χ3n) is 3.01. The number of hydrogen-bond acceptors (Lipinski definition) is 3. The fourth-order valence-electron chi connectivity index (χ4n) is 1.94. The summed E-state index contributed by atoms with van der Waals surface area (Å²) in [6.45, 7) is 2.13. The van der Waals surface area contributed by atoms with Crippen molar-refractivity contribution in [3.63, 3.8) is 0 Å². The van der Waals surface area contributed by atoms with Crippen molar-refractivity contribution in [2.75, 3.05) is 7.05 Å². The highest BCUT2D eigenvalue weighted by molar-refractivity contribution is 7.89. The van der Waals surface area contributed by atoms with E-state index in [0.717, 1.165) is 11.3 Å². The molecule has 5 nitrogen and oxygen atoms in total. The van der Waals surface area contributed by atoms with E-state index in [1.165, 1.54) is 16.4 Å². The number of hydrogen-bond donors (Lipinski definition) is 0. The van der Waals surface area contributed by atoms with Gasteiger partial charge < -0.3 is 0 Å². The molecule has 0 fully saturated rings. The second kappa shape index (κ2) is 5.55. The molecule has 0 atom stereocenters. The van der Waals surface area contributed by atoms with Crippen LogP contribution in [0.5, 0.6) is 0 Å². The lowest BCUT2D eigenvalue weighted by Gasteiger charge is -2.17. The molecule has 0 aliphatic heterocycles. The van der Waals surface area contributed by atoms with Crippen molar-refractivity contribution < 1.29 is 8.42 Å². The molecule has 1 heterocycles. The summed E-state index contributed by atoms with van der Waals surface area (Å²) < 4.78 is 27.9. The van der Waals surface area contributed by atoms with Crippen molar-refractivity contribution in [1.82, 2.24) is 14.1 Å². The Morgan fingerprint density at radius 1 is 1.40 bits per heavy atom. The number of aryl methyl sites for hydroxylation is 2. The van der Waals surface area contributed by atoms with Crippen LogP contribution in [0.4, 0.5) is 0 Å². The number of aromatic nitrogens is 2. The monoisotopic (exact) mass is 313 g/mol. The van der Waals surface area contributed by atoms with Crippen LogP contribution in [0, 0.1) is 6.92 Å². The molecule has 2 aromatic rings. The molecule has 0 N–H and O–H groups in total. The van der Waals surface area contributed by atoms with Gasteiger partial charge in [-0.2, -0.15) is 9.40 Å². The van der Waals surface area contributed by atoms with Gasteiger partial charge >= 0.3 is 0 Å². The molecule has 0 amide bonds. The van der Waals surface area contributed by atoms with Gasteiger partial charge in [0.2, 0.25) is 10.0 Å². The van der Waals surface area contributed by atoms with E-state index in [-0.39, 0.29) is 11.4 Å². The molecule has 0 spiro atoms. The van der Waals surface area contributed by atoms with Gasteiger partial charge in [0.25, 0.3) is 0 Å². The normalized spacial score (nSPS) is 12.1. The summed E-state index contributed by atoms with van der Waals surface area (Å²) in [4.78, 5) is 0.189. The molecular weight excluding hydrogens is 298 g/mol. The molecule has 0 unspecified atom stereocenters. The van der Waals surface area contributed by atoms with E-state index >= 15 is 0 Å². The fraction of sp³-hybridized carbons (Fsp3) is 0.308. The van der Waals surface area contributed by atoms with Gasteiger partial charge in [-0.25, -0.2) is 8.42 Å². The smallest absolute Gasteiger partial charge is 0.243 e. The molecule has 0 saturated carbocycles. The predicted octanol–water partition coefficient (Wildman–Crippen LogP) is 2.20. The molecule has 108 valence electrons. The summed E-state index contributed by atoms with van der Waals surface area (Å²) in [6.07, 6.45) is 1.82. The average Bonchev–Trinajstić information content (AvgIpc) is 2.67. The van der Waals surface area contributed by atoms with Gasteiger partial charge in [-0.1, -0.05) is 17.7 Å². The van der Waals surface area contributed by atoms with Gasteiger partial charge in [0.1, 0.15) is 0 Å². The SMILES string of the molecule is Cc1nn(C)cc1CN(C)S(=O)(=O)c1cccc(Cl)c1. The zero-order valence-corrected chi connectivity index (χ0v) is 13.1. The molecule has 7 heteroatoms. The Bertz CT molecular complexity index is 725. The first-order valence-electron chi connectivity index (χ1n) is 6.02. The van der Waals surface area contributed by atoms with Gasteiger partial charge in [-0.15, -0.1) is 0 Å². The van der Waals surface area contributed by atoms with E-state index < -0.39 is 10.0 Å². The lowest BCUT2D eigenvalue weighted by molar-refractivity contribution is 0.466. The summed E-state index contributed by atoms with van der Waals surface area (Å²) in [5.41, 5.74) is 1.70. The molecule has 20 heavy (non-hydrogen) atoms. The van der Waals surface area contributed by atoms with Crippen LogP contribution >= 0.6 is 11.6 Å². The van der Waals surface area contributed by atoms with Crippen molar-refractivity contribution in [2.45, 2.75) is 18.4 Å². The first-order chi connectivity index (χ1) is 9.30. The first-order valence-corrected chi connectivity index (χ1v) is 7.83. The van der Waals surface area contributed by atoms with Crippen molar-refractivity contribution in [3.05, 3.63) is 46.7 Å². The van der Waals surface area contributed by atoms with E-state index in [1.807, 2.05) is 20.2 Å². The molecule has 1 aromatic carbocycles. The second-order valence-corrected chi connectivity index (χ2v) is 7.11. The Morgan fingerprint density at radius 2 is 2.10 bits per heavy atom. The fourth-order valence-corrected chi connectivity index (χ4v) is 3.39. The minimum absolute atomic E-state index is 0.189. The van der Waals surface area contributed by atoms with Crippen LogP contribution < -0.4 is 0 Å². The quantitative estimate of drug-likeness (QED) is 0.869. The first kappa shape index (κ1) is 15.0. The minimum Gasteiger partial charge on any atom is -0.275 e. The molecule has 2 rings (SSSR count). The lowest BCUT2D eigenvalue weighted by Crippen LogP contribution is -2.26. The highest BCUT2D eigenvalue weighted by Crippen LogP contribution is 2.20. The highest BCUT2D eigenvalue weighted by Gasteiger charge is 2.22. The van der Waals surface area contributed by atoms with Crippen molar-refractivity contribution in [1.29, 1.82) is 0 Å². The maximum absolute atomic E-state index is 12.4. The largest absolute Gasteiger partial charge is 0.275 e. The predicted molar refractivity (Wildman–Crippen MR) is 78.0 cm³/mol. The molecular formula is C13H16ClN3O2S. The zero-order chi connectivity index (χ0) is 14.9. The lowest BCUT2D eigenvalue weighted by atomic mass is 10.3. The molecule has 1 aromatic heterocycles. The van der Waals surface area contributed by atoms with Crippen molar-refractivity contribution in [2.24, 2.45) is 7.05 Å². The van der Waals surface area contributed by atoms with E-state index in [9.17, 15) is 8.42 Å². The van der Waals surface area contributed by atoms with Crippen LogP contribution in [0.3, 0.4) is 0 Å². The van der Waals surface area contributed by atoms with E-state index in [0.29, 0.717) is 5.02 Å². The van der Waals surface area contributed by atoms with Gasteiger partial charge in [0.15, 0.2) is 0 Å². The molecule has 0 aliphatic carbocycles. The van der Waals surface area contributed by atoms with Crippen LogP contribution in [0.2, 0.25) is 5.02 Å². The summed E-state index contributed by atoms with van der Waals surface area (Å²) in [6, 6.07) is 6.25. The maximum Gasteiger partial charge on any atom is 0.243 e. The number of halogens is 1. The van der Waals surface area contributed by atoms with Crippen molar-refractivity contribution in [3.8, 4) is 0 Å². The minimum atomic E-state index is -3.56. The Labute approximate surface area is 123 Å². The zero-order valence-electron chi connectivity index (χ0n) is 11.5. The summed E-state index contributed by atoms with van der Waals surface area (Å²) in [7, 11) is -0.203. The van der Waals surface area contributed by atoms with Crippen LogP contribution in [0.1, 0.15) is 11.3 Å². The molecule has 0 saturated heterocycles. The van der Waals surface area contributed by atoms with Crippen LogP contribution in [0.15, 0.2) is 35.4 Å². The van der Waals surface area contributed by atoms with E-state index in [2.05, 4.69) is 5.10 Å². The maximum atomic E-state index is 12.4. The van der Waals surface area contributed by atoms with Gasteiger partial charge in [0, 0.05) is 37.4 Å². The Kier molecular flexibility index (Phi) is 4.17. The van der Waals surface area contributed by atoms with Gasteiger partial charge in [-0.05, 0) is 25.1 Å². The van der Waals surface area contributed by atoms with E-state index in [4.69, 9.17) is 11.6 Å². The van der Waals surface area contributed by atoms with Crippen LogP contribution in [-0.2, 0) is 23.6 Å². The second-order valence-electron chi connectivity index (χ2n) is 4.63. The average molecular weight is 314 g/mol. The van der Waals surface area contributed by atoms with Crippen molar-refractivity contribution >= 4 is 21.6 Å². The van der Waals surface area contributed by atoms with E-state index in [1.54, 1.807) is 23.9 Å². The number of benzene rings is 1. The molecule has 0 radical (unpaired) electrons. The Hall–Kier alpha value is -1.37. The molecule has 0 aliphatic rings. The summed E-state index contributed by atoms with van der Waals surface area (Å²) in [5, 5.41) is 4.61. The number of sulfonamides is 1. The standard InChI is InChI=1S/C13H16ClN3O2S/c1-10-11(8-16(2)15-10)9-17(3)20(18,19)13-6-4-5-12(14)7-13/h4-8H,9H2,1-3H3. The number of rotatable bonds is 4. The van der Waals surface area contributed by atoms with Gasteiger partial charge in [0.05, 0.1) is 10.6 Å². The van der Waals surface area contributed by atoms with Gasteiger partial charge in [-0.3, -0.25) is 4.68 Å².